The molecule has 2 N–H and O–H groups in total. The van der Waals surface area contributed by atoms with E-state index in [1.807, 2.05) is 27.7 Å². The molecule has 17 heavy (non-hydrogen) atoms. The van der Waals surface area contributed by atoms with Crippen LogP contribution in [0, 0.1) is 0 Å². The Morgan fingerprint density at radius 3 is 2.47 bits per heavy atom. The van der Waals surface area contributed by atoms with Crippen molar-refractivity contribution in [3.63, 3.8) is 0 Å². The van der Waals surface area contributed by atoms with Crippen molar-refractivity contribution in [3.05, 3.63) is 0 Å². The van der Waals surface area contributed by atoms with Gasteiger partial charge in [0.15, 0.2) is 0 Å². The van der Waals surface area contributed by atoms with Crippen LogP contribution in [0.5, 0.6) is 0 Å². The summed E-state index contributed by atoms with van der Waals surface area (Å²) in [5.74, 6) is -0.798. The number of carboxylic acid groups (broad SMARTS) is 1. The monoisotopic (exact) mass is 246 g/mol. The van der Waals surface area contributed by atoms with Gasteiger partial charge in [-0.3, -0.25) is 9.69 Å². The Morgan fingerprint density at radius 2 is 2.06 bits per heavy atom. The van der Waals surface area contributed by atoms with E-state index in [1.165, 1.54) is 0 Å². The summed E-state index contributed by atoms with van der Waals surface area (Å²) in [6, 6.07) is -0.349. The number of nitrogens with one attached hydrogen (secondary N) is 1. The minimum absolute atomic E-state index is 0.168. The molecule has 0 radical (unpaired) electrons. The molecule has 0 heterocycles. The number of rotatable bonds is 10. The molecule has 0 aliphatic rings. The van der Waals surface area contributed by atoms with Crippen LogP contribution >= 0.6 is 0 Å². The van der Waals surface area contributed by atoms with E-state index in [2.05, 4.69) is 10.2 Å². The number of hydrogen-bond donors (Lipinski definition) is 2. The van der Waals surface area contributed by atoms with Gasteiger partial charge in [0.2, 0.25) is 0 Å². The maximum absolute atomic E-state index is 11.1. The van der Waals surface area contributed by atoms with E-state index in [0.29, 0.717) is 19.8 Å². The normalized spacial score (nSPS) is 13.3. The van der Waals surface area contributed by atoms with Crippen LogP contribution in [0.1, 0.15) is 27.7 Å². The third-order valence-electron chi connectivity index (χ3n) is 2.48. The van der Waals surface area contributed by atoms with Gasteiger partial charge in [0.25, 0.3) is 0 Å². The molecule has 5 nitrogen and oxygen atoms in total. The second-order valence-electron chi connectivity index (χ2n) is 4.30. The summed E-state index contributed by atoms with van der Waals surface area (Å²) in [5.41, 5.74) is 0. The van der Waals surface area contributed by atoms with E-state index in [-0.39, 0.29) is 6.04 Å². The molecule has 0 bridgehead atoms. The average Bonchev–Trinajstić information content (AvgIpc) is 2.25. The van der Waals surface area contributed by atoms with Crippen LogP contribution < -0.4 is 5.32 Å². The Hall–Kier alpha value is -0.650. The quantitative estimate of drug-likeness (QED) is 0.558. The Bertz CT molecular complexity index is 210. The fourth-order valence-corrected chi connectivity index (χ4v) is 1.58. The number of aliphatic carboxylic acids is 1. The van der Waals surface area contributed by atoms with Crippen LogP contribution in [-0.2, 0) is 9.53 Å². The van der Waals surface area contributed by atoms with Crippen molar-refractivity contribution < 1.29 is 14.6 Å². The highest BCUT2D eigenvalue weighted by Gasteiger charge is 2.20. The molecular weight excluding hydrogens is 220 g/mol. The van der Waals surface area contributed by atoms with Crippen molar-refractivity contribution in [2.75, 3.05) is 32.8 Å². The lowest BCUT2D eigenvalue weighted by Crippen LogP contribution is -2.49. The lowest BCUT2D eigenvalue weighted by atomic mass is 10.2. The summed E-state index contributed by atoms with van der Waals surface area (Å²) in [4.78, 5) is 13.2. The molecule has 0 amide bonds. The number of carbonyl (C=O) groups is 1. The number of carboxylic acids is 1. The van der Waals surface area contributed by atoms with Crippen molar-refractivity contribution in [3.8, 4) is 0 Å². The topological polar surface area (TPSA) is 61.8 Å². The molecule has 0 aliphatic carbocycles. The Kier molecular flexibility index (Phi) is 9.03. The molecule has 0 aromatic rings. The number of nitrogens with zero attached hydrogens (tertiary/aromatic N) is 1. The van der Waals surface area contributed by atoms with Crippen LogP contribution in [0.25, 0.3) is 0 Å². The molecular formula is C12H26N2O3. The third-order valence-corrected chi connectivity index (χ3v) is 2.48. The number of ether oxygens (including phenoxy) is 1. The fraction of sp³-hybridized carbons (Fsp3) is 0.917. The minimum atomic E-state index is -0.798. The van der Waals surface area contributed by atoms with Crippen LogP contribution in [0.15, 0.2) is 0 Å². The van der Waals surface area contributed by atoms with Gasteiger partial charge in [0, 0.05) is 25.7 Å². The van der Waals surface area contributed by atoms with Gasteiger partial charge in [0.05, 0.1) is 6.61 Å². The maximum Gasteiger partial charge on any atom is 0.322 e. The molecule has 0 rings (SSSR count). The second kappa shape index (κ2) is 9.39. The van der Waals surface area contributed by atoms with E-state index in [1.54, 1.807) is 0 Å². The summed E-state index contributed by atoms with van der Waals surface area (Å²) >= 11 is 0. The van der Waals surface area contributed by atoms with E-state index in [0.717, 1.165) is 13.1 Å². The SMILES string of the molecule is CCOCCN(CC)CC(NC(C)C)C(=O)O. The highest BCUT2D eigenvalue weighted by atomic mass is 16.5. The summed E-state index contributed by atoms with van der Waals surface area (Å²) in [7, 11) is 0. The van der Waals surface area contributed by atoms with Crippen molar-refractivity contribution >= 4 is 5.97 Å². The van der Waals surface area contributed by atoms with E-state index in [4.69, 9.17) is 9.84 Å². The van der Waals surface area contributed by atoms with Gasteiger partial charge < -0.3 is 15.2 Å². The molecule has 1 unspecified atom stereocenters. The van der Waals surface area contributed by atoms with Gasteiger partial charge in [-0.15, -0.1) is 0 Å². The highest BCUT2D eigenvalue weighted by Crippen LogP contribution is 1.96. The van der Waals surface area contributed by atoms with Crippen molar-refractivity contribution in [1.82, 2.24) is 10.2 Å². The highest BCUT2D eigenvalue weighted by molar-refractivity contribution is 5.73. The van der Waals surface area contributed by atoms with Gasteiger partial charge >= 0.3 is 5.97 Å². The van der Waals surface area contributed by atoms with Crippen molar-refractivity contribution in [1.29, 1.82) is 0 Å². The maximum atomic E-state index is 11.1. The molecule has 1 atom stereocenters. The van der Waals surface area contributed by atoms with Gasteiger partial charge in [0.1, 0.15) is 6.04 Å². The average molecular weight is 246 g/mol. The first-order valence-corrected chi connectivity index (χ1v) is 6.30. The molecule has 0 spiro atoms. The third kappa shape index (κ3) is 8.12. The first-order valence-electron chi connectivity index (χ1n) is 6.30. The molecule has 0 aromatic heterocycles. The first kappa shape index (κ1) is 16.4. The van der Waals surface area contributed by atoms with Gasteiger partial charge in [-0.2, -0.15) is 0 Å². The second-order valence-corrected chi connectivity index (χ2v) is 4.30. The summed E-state index contributed by atoms with van der Waals surface area (Å²) in [6.45, 7) is 11.3. The standard InChI is InChI=1S/C12H26N2O3/c1-5-14(7-8-17-6-2)9-11(12(15)16)13-10(3)4/h10-11,13H,5-9H2,1-4H3,(H,15,16). The summed E-state index contributed by atoms with van der Waals surface area (Å²) in [6.07, 6.45) is 0. The fourth-order valence-electron chi connectivity index (χ4n) is 1.58. The predicted octanol–water partition coefficient (Wildman–Crippen LogP) is 0.796. The van der Waals surface area contributed by atoms with E-state index in [9.17, 15) is 4.79 Å². The van der Waals surface area contributed by atoms with Gasteiger partial charge in [-0.1, -0.05) is 20.8 Å². The largest absolute Gasteiger partial charge is 0.480 e. The van der Waals surface area contributed by atoms with Gasteiger partial charge in [-0.05, 0) is 13.5 Å². The van der Waals surface area contributed by atoms with Crippen LogP contribution in [0.3, 0.4) is 0 Å². The summed E-state index contributed by atoms with van der Waals surface area (Å²) < 4.78 is 5.28. The van der Waals surface area contributed by atoms with Crippen LogP contribution in [0.4, 0.5) is 0 Å². The van der Waals surface area contributed by atoms with Crippen molar-refractivity contribution in [2.45, 2.75) is 39.8 Å². The van der Waals surface area contributed by atoms with Crippen LogP contribution in [0.2, 0.25) is 0 Å². The molecule has 0 saturated heterocycles. The Labute approximate surface area is 104 Å². The zero-order chi connectivity index (χ0) is 13.3. The van der Waals surface area contributed by atoms with E-state index < -0.39 is 12.0 Å². The lowest BCUT2D eigenvalue weighted by Gasteiger charge is -2.25. The van der Waals surface area contributed by atoms with Crippen LogP contribution in [-0.4, -0.2) is 60.9 Å². The predicted molar refractivity (Wildman–Crippen MR) is 68.3 cm³/mol. The molecule has 0 aromatic carbocycles. The van der Waals surface area contributed by atoms with Crippen molar-refractivity contribution in [2.24, 2.45) is 0 Å². The van der Waals surface area contributed by atoms with E-state index >= 15 is 0 Å². The zero-order valence-electron chi connectivity index (χ0n) is 11.4. The molecule has 5 heteroatoms. The molecule has 102 valence electrons. The Morgan fingerprint density at radius 1 is 1.41 bits per heavy atom. The first-order chi connectivity index (χ1) is 8.01. The Balaban J connectivity index is 4.13. The van der Waals surface area contributed by atoms with Gasteiger partial charge in [-0.25, -0.2) is 0 Å². The number of hydrogen-bond acceptors (Lipinski definition) is 4. The molecule has 0 aliphatic heterocycles. The molecule has 0 fully saturated rings. The molecule has 0 saturated carbocycles. The summed E-state index contributed by atoms with van der Waals surface area (Å²) in [5, 5.41) is 12.2. The number of likely N-dealkylation sites (N-methyl/N-ethyl adjacent to an activating group) is 1. The lowest BCUT2D eigenvalue weighted by molar-refractivity contribution is -0.140. The zero-order valence-corrected chi connectivity index (χ0v) is 11.4. The smallest absolute Gasteiger partial charge is 0.322 e. The minimum Gasteiger partial charge on any atom is -0.480 e.